The van der Waals surface area contributed by atoms with E-state index in [1.54, 1.807) is 0 Å². The van der Waals surface area contributed by atoms with Crippen molar-refractivity contribution in [2.75, 3.05) is 0 Å². The van der Waals surface area contributed by atoms with Gasteiger partial charge in [-0.05, 0) is 33.6 Å². The largest absolute Gasteiger partial charge is 0.242 e. The van der Waals surface area contributed by atoms with Crippen molar-refractivity contribution in [3.05, 3.63) is 12.7 Å². The lowest BCUT2D eigenvalue weighted by Crippen LogP contribution is -2.39. The minimum atomic E-state index is -0.968. The highest BCUT2D eigenvalue weighted by molar-refractivity contribution is 7.84. The van der Waals surface area contributed by atoms with Gasteiger partial charge in [-0.2, -0.15) is 0 Å². The highest BCUT2D eigenvalue weighted by Gasteiger charge is 2.21. The second-order valence-electron chi connectivity index (χ2n) is 4.51. The first kappa shape index (κ1) is 13.8. The van der Waals surface area contributed by atoms with Gasteiger partial charge in [-0.1, -0.05) is 19.4 Å². The lowest BCUT2D eigenvalue weighted by atomic mass is 10.1. The molecule has 0 aliphatic rings. The Morgan fingerprint density at radius 1 is 1.50 bits per heavy atom. The molecule has 0 bridgehead atoms. The van der Waals surface area contributed by atoms with E-state index in [9.17, 15) is 4.21 Å². The summed E-state index contributed by atoms with van der Waals surface area (Å²) in [7, 11) is -0.968. The summed E-state index contributed by atoms with van der Waals surface area (Å²) in [6, 6.07) is 0.303. The van der Waals surface area contributed by atoms with Gasteiger partial charge < -0.3 is 0 Å². The van der Waals surface area contributed by atoms with Gasteiger partial charge >= 0.3 is 0 Å². The SMILES string of the molecule is C=CC[C@@H](CCC)N[S@](=O)C(C)(C)C. The molecule has 0 heterocycles. The summed E-state index contributed by atoms with van der Waals surface area (Å²) in [5.74, 6) is 0. The van der Waals surface area contributed by atoms with Gasteiger partial charge in [0.1, 0.15) is 0 Å². The Balaban J connectivity index is 4.15. The summed E-state index contributed by atoms with van der Waals surface area (Å²) in [6.45, 7) is 11.8. The number of nitrogens with one attached hydrogen (secondary N) is 1. The maximum absolute atomic E-state index is 11.8. The fraction of sp³-hybridized carbons (Fsp3) is 0.818. The first-order valence-electron chi connectivity index (χ1n) is 5.20. The highest BCUT2D eigenvalue weighted by atomic mass is 32.2. The van der Waals surface area contributed by atoms with Crippen molar-refractivity contribution in [1.82, 2.24) is 4.72 Å². The Labute approximate surface area is 90.8 Å². The molecule has 2 nitrogen and oxygen atoms in total. The summed E-state index contributed by atoms with van der Waals surface area (Å²) in [6.07, 6.45) is 4.92. The Morgan fingerprint density at radius 2 is 2.07 bits per heavy atom. The molecule has 0 radical (unpaired) electrons. The first-order chi connectivity index (χ1) is 6.41. The average Bonchev–Trinajstić information content (AvgIpc) is 2.03. The molecule has 0 aliphatic heterocycles. The van der Waals surface area contributed by atoms with E-state index in [0.29, 0.717) is 6.04 Å². The molecule has 0 aromatic carbocycles. The molecule has 0 rings (SSSR count). The van der Waals surface area contributed by atoms with E-state index in [2.05, 4.69) is 18.2 Å². The van der Waals surface area contributed by atoms with E-state index in [-0.39, 0.29) is 4.75 Å². The topological polar surface area (TPSA) is 29.1 Å². The van der Waals surface area contributed by atoms with E-state index >= 15 is 0 Å². The van der Waals surface area contributed by atoms with Crippen molar-refractivity contribution < 1.29 is 4.21 Å². The monoisotopic (exact) mass is 217 g/mol. The first-order valence-corrected chi connectivity index (χ1v) is 6.35. The maximum atomic E-state index is 11.8. The smallest absolute Gasteiger partial charge is 0.0972 e. The van der Waals surface area contributed by atoms with Gasteiger partial charge in [-0.25, -0.2) is 8.93 Å². The fourth-order valence-electron chi connectivity index (χ4n) is 1.10. The Bertz CT molecular complexity index is 196. The lowest BCUT2D eigenvalue weighted by molar-refractivity contribution is 0.548. The Morgan fingerprint density at radius 3 is 2.43 bits per heavy atom. The van der Waals surface area contributed by atoms with Crippen LogP contribution in [0.3, 0.4) is 0 Å². The quantitative estimate of drug-likeness (QED) is 0.681. The van der Waals surface area contributed by atoms with Crippen LogP contribution in [0.15, 0.2) is 12.7 Å². The molecule has 0 spiro atoms. The predicted octanol–water partition coefficient (Wildman–Crippen LogP) is 2.78. The van der Waals surface area contributed by atoms with Crippen molar-refractivity contribution in [3.8, 4) is 0 Å². The van der Waals surface area contributed by atoms with Crippen LogP contribution in [0, 0.1) is 0 Å². The van der Waals surface area contributed by atoms with E-state index in [4.69, 9.17) is 0 Å². The van der Waals surface area contributed by atoms with Crippen molar-refractivity contribution in [2.24, 2.45) is 0 Å². The summed E-state index contributed by atoms with van der Waals surface area (Å²) in [5.41, 5.74) is 0. The summed E-state index contributed by atoms with van der Waals surface area (Å²) >= 11 is 0. The van der Waals surface area contributed by atoms with Gasteiger partial charge in [0, 0.05) is 6.04 Å². The third-order valence-electron chi connectivity index (χ3n) is 1.92. The molecular weight excluding hydrogens is 194 g/mol. The van der Waals surface area contributed by atoms with Crippen LogP contribution in [0.5, 0.6) is 0 Å². The van der Waals surface area contributed by atoms with Crippen molar-refractivity contribution in [3.63, 3.8) is 0 Å². The minimum Gasteiger partial charge on any atom is -0.242 e. The fourth-order valence-corrected chi connectivity index (χ4v) is 1.97. The van der Waals surface area contributed by atoms with Gasteiger partial charge in [0.05, 0.1) is 15.7 Å². The molecule has 14 heavy (non-hydrogen) atoms. The third-order valence-corrected chi connectivity index (χ3v) is 3.58. The van der Waals surface area contributed by atoms with Crippen LogP contribution in [-0.4, -0.2) is 15.0 Å². The molecule has 0 fully saturated rings. The molecule has 0 unspecified atom stereocenters. The molecule has 84 valence electrons. The van der Waals surface area contributed by atoms with Crippen LogP contribution in [-0.2, 0) is 11.0 Å². The summed E-state index contributed by atoms with van der Waals surface area (Å²) in [5, 5.41) is 0. The van der Waals surface area contributed by atoms with Gasteiger partial charge in [0.15, 0.2) is 0 Å². The molecule has 0 saturated carbocycles. The molecule has 3 heteroatoms. The van der Waals surface area contributed by atoms with Crippen LogP contribution in [0.4, 0.5) is 0 Å². The van der Waals surface area contributed by atoms with Crippen LogP contribution < -0.4 is 4.72 Å². The molecule has 0 saturated heterocycles. The van der Waals surface area contributed by atoms with Gasteiger partial charge in [-0.3, -0.25) is 0 Å². The molecule has 0 amide bonds. The molecule has 2 atom stereocenters. The predicted molar refractivity (Wildman–Crippen MR) is 64.5 cm³/mol. The minimum absolute atomic E-state index is 0.187. The number of hydrogen-bond acceptors (Lipinski definition) is 1. The second kappa shape index (κ2) is 6.36. The Hall–Kier alpha value is -0.150. The molecule has 0 aromatic rings. The molecule has 0 aliphatic carbocycles. The van der Waals surface area contributed by atoms with Crippen LogP contribution in [0.25, 0.3) is 0 Å². The third kappa shape index (κ3) is 5.55. The van der Waals surface area contributed by atoms with E-state index in [1.165, 1.54) is 0 Å². The number of rotatable bonds is 6. The van der Waals surface area contributed by atoms with Gasteiger partial charge in [0.25, 0.3) is 0 Å². The van der Waals surface area contributed by atoms with E-state index in [1.807, 2.05) is 26.8 Å². The van der Waals surface area contributed by atoms with Crippen LogP contribution in [0.1, 0.15) is 47.0 Å². The normalized spacial score (nSPS) is 16.3. The maximum Gasteiger partial charge on any atom is 0.0972 e. The van der Waals surface area contributed by atoms with Crippen molar-refractivity contribution in [1.29, 1.82) is 0 Å². The zero-order valence-electron chi connectivity index (χ0n) is 9.80. The van der Waals surface area contributed by atoms with Gasteiger partial charge in [-0.15, -0.1) is 6.58 Å². The summed E-state index contributed by atoms with van der Waals surface area (Å²) in [4.78, 5) is 0. The molecular formula is C11H23NOS. The standard InChI is InChI=1S/C11H23NOS/c1-6-8-10(9-7-2)12-14(13)11(3,4)5/h6,10,12H,1,7-9H2,2-5H3/t10-,14+/m0/s1. The van der Waals surface area contributed by atoms with Gasteiger partial charge in [0.2, 0.25) is 0 Å². The highest BCUT2D eigenvalue weighted by Crippen LogP contribution is 2.12. The van der Waals surface area contributed by atoms with Crippen molar-refractivity contribution in [2.45, 2.75) is 57.7 Å². The number of hydrogen-bond donors (Lipinski definition) is 1. The molecule has 0 aromatic heterocycles. The van der Waals surface area contributed by atoms with E-state index in [0.717, 1.165) is 19.3 Å². The Kier molecular flexibility index (Phi) is 6.29. The summed E-state index contributed by atoms with van der Waals surface area (Å²) < 4.78 is 14.8. The zero-order valence-corrected chi connectivity index (χ0v) is 10.6. The van der Waals surface area contributed by atoms with Crippen molar-refractivity contribution >= 4 is 11.0 Å². The second-order valence-corrected chi connectivity index (χ2v) is 6.51. The van der Waals surface area contributed by atoms with Crippen LogP contribution >= 0.6 is 0 Å². The van der Waals surface area contributed by atoms with E-state index < -0.39 is 11.0 Å². The lowest BCUT2D eigenvalue weighted by Gasteiger charge is -2.23. The zero-order chi connectivity index (χ0) is 11.2. The average molecular weight is 217 g/mol. The van der Waals surface area contributed by atoms with Crippen LogP contribution in [0.2, 0.25) is 0 Å². The molecule has 1 N–H and O–H groups in total.